The van der Waals surface area contributed by atoms with Gasteiger partial charge in [0.1, 0.15) is 0 Å². The molecule has 3 nitrogen and oxygen atoms in total. The zero-order valence-electron chi connectivity index (χ0n) is 12.0. The van der Waals surface area contributed by atoms with Crippen molar-refractivity contribution in [3.05, 3.63) is 40.1 Å². The standard InChI is InChI=1S/C15H23N3S/c1-4-15-17-14(11-19-15)10-18-6-5-13(9-18)8-16-7-12(2)3/h5-6,9,11-12,16H,4,7-8,10H2,1-3H3. The predicted molar refractivity (Wildman–Crippen MR) is 81.6 cm³/mol. The first-order valence-corrected chi connectivity index (χ1v) is 7.84. The van der Waals surface area contributed by atoms with Gasteiger partial charge in [-0.2, -0.15) is 0 Å². The lowest BCUT2D eigenvalue weighted by Gasteiger charge is -2.05. The fraction of sp³-hybridized carbons (Fsp3) is 0.533. The molecule has 0 saturated carbocycles. The quantitative estimate of drug-likeness (QED) is 0.841. The highest BCUT2D eigenvalue weighted by Gasteiger charge is 2.02. The number of aromatic nitrogens is 2. The summed E-state index contributed by atoms with van der Waals surface area (Å²) in [5.41, 5.74) is 2.51. The van der Waals surface area contributed by atoms with E-state index in [9.17, 15) is 0 Å². The van der Waals surface area contributed by atoms with E-state index in [4.69, 9.17) is 0 Å². The van der Waals surface area contributed by atoms with Gasteiger partial charge in [-0.3, -0.25) is 0 Å². The fourth-order valence-corrected chi connectivity index (χ4v) is 2.71. The van der Waals surface area contributed by atoms with Crippen molar-refractivity contribution in [3.63, 3.8) is 0 Å². The van der Waals surface area contributed by atoms with Gasteiger partial charge in [0.05, 0.1) is 17.2 Å². The van der Waals surface area contributed by atoms with Crippen LogP contribution in [0, 0.1) is 5.92 Å². The van der Waals surface area contributed by atoms with E-state index >= 15 is 0 Å². The number of nitrogens with one attached hydrogen (secondary N) is 1. The molecule has 0 spiro atoms. The molecule has 1 N–H and O–H groups in total. The molecule has 0 fully saturated rings. The lowest BCUT2D eigenvalue weighted by Crippen LogP contribution is -2.18. The molecule has 2 aromatic rings. The summed E-state index contributed by atoms with van der Waals surface area (Å²) in [6, 6.07) is 2.18. The second kappa shape index (κ2) is 6.87. The summed E-state index contributed by atoms with van der Waals surface area (Å²) in [7, 11) is 0. The van der Waals surface area contributed by atoms with Crippen LogP contribution in [0.3, 0.4) is 0 Å². The number of hydrogen-bond donors (Lipinski definition) is 1. The Balaban J connectivity index is 1.86. The van der Waals surface area contributed by atoms with Crippen molar-refractivity contribution >= 4 is 11.3 Å². The van der Waals surface area contributed by atoms with E-state index in [2.05, 4.69) is 59.5 Å². The van der Waals surface area contributed by atoms with Gasteiger partial charge in [-0.05, 0) is 30.5 Å². The van der Waals surface area contributed by atoms with Crippen LogP contribution in [-0.4, -0.2) is 16.1 Å². The van der Waals surface area contributed by atoms with Crippen molar-refractivity contribution < 1.29 is 0 Å². The Bertz CT molecular complexity index is 499. The SMILES string of the molecule is CCc1nc(Cn2ccc(CNCC(C)C)c2)cs1. The predicted octanol–water partition coefficient (Wildman–Crippen LogP) is 3.30. The fourth-order valence-electron chi connectivity index (χ4n) is 1.97. The highest BCUT2D eigenvalue weighted by molar-refractivity contribution is 7.09. The molecule has 0 saturated heterocycles. The number of aryl methyl sites for hydroxylation is 1. The van der Waals surface area contributed by atoms with Crippen LogP contribution in [0.25, 0.3) is 0 Å². The van der Waals surface area contributed by atoms with E-state index < -0.39 is 0 Å². The lowest BCUT2D eigenvalue weighted by atomic mass is 10.2. The van der Waals surface area contributed by atoms with Crippen LogP contribution < -0.4 is 5.32 Å². The third kappa shape index (κ3) is 4.48. The van der Waals surface area contributed by atoms with Gasteiger partial charge in [0.15, 0.2) is 0 Å². The number of thiazole rings is 1. The zero-order valence-corrected chi connectivity index (χ0v) is 12.8. The summed E-state index contributed by atoms with van der Waals surface area (Å²) in [6.45, 7) is 9.49. The monoisotopic (exact) mass is 277 g/mol. The van der Waals surface area contributed by atoms with Gasteiger partial charge in [-0.1, -0.05) is 20.8 Å². The van der Waals surface area contributed by atoms with Crippen molar-refractivity contribution in [2.45, 2.75) is 40.3 Å². The normalized spacial score (nSPS) is 11.4. The number of rotatable bonds is 7. The minimum Gasteiger partial charge on any atom is -0.348 e. The lowest BCUT2D eigenvalue weighted by molar-refractivity contribution is 0.552. The highest BCUT2D eigenvalue weighted by Crippen LogP contribution is 2.12. The molecule has 0 unspecified atom stereocenters. The Hall–Kier alpha value is -1.13. The molecule has 0 aliphatic heterocycles. The van der Waals surface area contributed by atoms with Crippen molar-refractivity contribution in [2.24, 2.45) is 5.92 Å². The van der Waals surface area contributed by atoms with E-state index in [-0.39, 0.29) is 0 Å². The Kier molecular flexibility index (Phi) is 5.16. The van der Waals surface area contributed by atoms with Crippen molar-refractivity contribution in [1.29, 1.82) is 0 Å². The summed E-state index contributed by atoms with van der Waals surface area (Å²) in [4.78, 5) is 4.60. The van der Waals surface area contributed by atoms with E-state index in [1.54, 1.807) is 11.3 Å². The molecule has 0 bridgehead atoms. The highest BCUT2D eigenvalue weighted by atomic mass is 32.1. The minimum absolute atomic E-state index is 0.699. The third-order valence-corrected chi connectivity index (χ3v) is 3.98. The average Bonchev–Trinajstić information content (AvgIpc) is 2.99. The first kappa shape index (κ1) is 14.3. The van der Waals surface area contributed by atoms with Gasteiger partial charge in [-0.25, -0.2) is 4.98 Å². The summed E-state index contributed by atoms with van der Waals surface area (Å²) in [6.07, 6.45) is 5.37. The second-order valence-electron chi connectivity index (χ2n) is 5.30. The van der Waals surface area contributed by atoms with Crippen molar-refractivity contribution in [1.82, 2.24) is 14.9 Å². The summed E-state index contributed by atoms with van der Waals surface area (Å²) in [5.74, 6) is 0.699. The van der Waals surface area contributed by atoms with Crippen LogP contribution in [0.1, 0.15) is 37.0 Å². The topological polar surface area (TPSA) is 29.9 Å². The Morgan fingerprint density at radius 2 is 2.26 bits per heavy atom. The average molecular weight is 277 g/mol. The van der Waals surface area contributed by atoms with Crippen LogP contribution in [-0.2, 0) is 19.5 Å². The van der Waals surface area contributed by atoms with Crippen LogP contribution in [0.15, 0.2) is 23.8 Å². The van der Waals surface area contributed by atoms with Gasteiger partial charge in [-0.15, -0.1) is 11.3 Å². The molecule has 0 atom stereocenters. The van der Waals surface area contributed by atoms with E-state index in [0.29, 0.717) is 5.92 Å². The first-order valence-electron chi connectivity index (χ1n) is 6.96. The zero-order chi connectivity index (χ0) is 13.7. The molecule has 4 heteroatoms. The summed E-state index contributed by atoms with van der Waals surface area (Å²) in [5, 5.41) is 6.85. The molecule has 0 aliphatic rings. The van der Waals surface area contributed by atoms with Gasteiger partial charge in [0.25, 0.3) is 0 Å². The Morgan fingerprint density at radius 1 is 1.42 bits per heavy atom. The first-order chi connectivity index (χ1) is 9.17. The summed E-state index contributed by atoms with van der Waals surface area (Å²) >= 11 is 1.76. The molecule has 0 aliphatic carbocycles. The maximum absolute atomic E-state index is 4.60. The van der Waals surface area contributed by atoms with Gasteiger partial charge in [0, 0.05) is 24.3 Å². The molecule has 104 valence electrons. The Morgan fingerprint density at radius 3 is 2.95 bits per heavy atom. The van der Waals surface area contributed by atoms with E-state index in [1.165, 1.54) is 16.3 Å². The second-order valence-corrected chi connectivity index (χ2v) is 6.25. The van der Waals surface area contributed by atoms with Crippen LogP contribution >= 0.6 is 11.3 Å². The molecular weight excluding hydrogens is 254 g/mol. The van der Waals surface area contributed by atoms with Gasteiger partial charge in [0.2, 0.25) is 0 Å². The Labute approximate surface area is 119 Å². The maximum Gasteiger partial charge on any atom is 0.0926 e. The molecule has 0 aromatic carbocycles. The van der Waals surface area contributed by atoms with Crippen LogP contribution in [0.5, 0.6) is 0 Å². The number of hydrogen-bond acceptors (Lipinski definition) is 3. The van der Waals surface area contributed by atoms with Gasteiger partial charge < -0.3 is 9.88 Å². The maximum atomic E-state index is 4.60. The number of nitrogens with zero attached hydrogens (tertiary/aromatic N) is 2. The van der Waals surface area contributed by atoms with Crippen LogP contribution in [0.2, 0.25) is 0 Å². The van der Waals surface area contributed by atoms with Gasteiger partial charge >= 0.3 is 0 Å². The molecule has 2 rings (SSSR count). The third-order valence-electron chi connectivity index (χ3n) is 2.94. The summed E-state index contributed by atoms with van der Waals surface area (Å²) < 4.78 is 2.21. The minimum atomic E-state index is 0.699. The van der Waals surface area contributed by atoms with Crippen molar-refractivity contribution in [3.8, 4) is 0 Å². The molecule has 19 heavy (non-hydrogen) atoms. The molecular formula is C15H23N3S. The molecule has 0 radical (unpaired) electrons. The van der Waals surface area contributed by atoms with E-state index in [0.717, 1.165) is 26.1 Å². The van der Waals surface area contributed by atoms with Crippen molar-refractivity contribution in [2.75, 3.05) is 6.54 Å². The molecule has 2 heterocycles. The molecule has 0 amide bonds. The van der Waals surface area contributed by atoms with E-state index in [1.807, 2.05) is 0 Å². The smallest absolute Gasteiger partial charge is 0.0926 e. The largest absolute Gasteiger partial charge is 0.348 e. The van der Waals surface area contributed by atoms with Crippen LogP contribution in [0.4, 0.5) is 0 Å². The molecule has 2 aromatic heterocycles.